The average molecular weight is 303 g/mol. The Morgan fingerprint density at radius 2 is 1.80 bits per heavy atom. The first kappa shape index (κ1) is 16.3. The summed E-state index contributed by atoms with van der Waals surface area (Å²) in [5.41, 5.74) is -1.71. The minimum Gasteiger partial charge on any atom is -0.478 e. The molecule has 0 heterocycles. The monoisotopic (exact) mass is 303 g/mol. The summed E-state index contributed by atoms with van der Waals surface area (Å²) < 4.78 is 16.0. The Labute approximate surface area is 114 Å². The summed E-state index contributed by atoms with van der Waals surface area (Å²) in [4.78, 5) is 41.2. The maximum Gasteiger partial charge on any atom is 0.354 e. The smallest absolute Gasteiger partial charge is 0.354 e. The highest BCUT2D eigenvalue weighted by Crippen LogP contribution is 2.51. The van der Waals surface area contributed by atoms with Gasteiger partial charge in [0.2, 0.25) is 12.1 Å². The largest absolute Gasteiger partial charge is 0.478 e. The standard InChI is InChI=1S/C11H14NO7P/c1-19-10(11(14)15)12-9(13)8(20(16,17)18)7-5-3-2-4-6-7/h2-6,8,10H,1H3,(H,12,13)(H,14,15)(H2,16,17,18). The average Bonchev–Trinajstić information content (AvgIpc) is 2.35. The van der Waals surface area contributed by atoms with Crippen LogP contribution in [0.4, 0.5) is 0 Å². The van der Waals surface area contributed by atoms with Gasteiger partial charge in [-0.2, -0.15) is 0 Å². The van der Waals surface area contributed by atoms with Crippen molar-refractivity contribution >= 4 is 19.5 Å². The molecule has 0 bridgehead atoms. The number of ether oxygens (including phenoxy) is 1. The zero-order valence-electron chi connectivity index (χ0n) is 10.5. The van der Waals surface area contributed by atoms with E-state index in [0.717, 1.165) is 7.11 Å². The molecule has 0 aliphatic rings. The van der Waals surface area contributed by atoms with E-state index in [1.54, 1.807) is 6.07 Å². The molecule has 0 spiro atoms. The maximum atomic E-state index is 11.9. The van der Waals surface area contributed by atoms with Crippen LogP contribution in [0.25, 0.3) is 0 Å². The van der Waals surface area contributed by atoms with E-state index in [2.05, 4.69) is 4.74 Å². The third-order valence-corrected chi connectivity index (χ3v) is 3.64. The van der Waals surface area contributed by atoms with E-state index in [1.165, 1.54) is 24.3 Å². The summed E-state index contributed by atoms with van der Waals surface area (Å²) in [6, 6.07) is 7.37. The second kappa shape index (κ2) is 6.62. The number of amides is 1. The van der Waals surface area contributed by atoms with E-state index in [4.69, 9.17) is 5.11 Å². The summed E-state index contributed by atoms with van der Waals surface area (Å²) in [7, 11) is -3.76. The van der Waals surface area contributed by atoms with Crippen molar-refractivity contribution < 1.29 is 33.8 Å². The number of carboxylic acid groups (broad SMARTS) is 1. The molecule has 0 aliphatic heterocycles. The zero-order chi connectivity index (χ0) is 15.3. The van der Waals surface area contributed by atoms with Gasteiger partial charge in [-0.1, -0.05) is 30.3 Å². The van der Waals surface area contributed by atoms with Crippen molar-refractivity contribution in [3.05, 3.63) is 35.9 Å². The van der Waals surface area contributed by atoms with Gasteiger partial charge in [0.25, 0.3) is 0 Å². The number of hydrogen-bond donors (Lipinski definition) is 4. The molecule has 0 aromatic heterocycles. The van der Waals surface area contributed by atoms with Gasteiger partial charge in [-0.15, -0.1) is 0 Å². The Bertz CT molecular complexity index is 527. The van der Waals surface area contributed by atoms with Crippen LogP contribution in [0, 0.1) is 0 Å². The molecule has 8 nitrogen and oxygen atoms in total. The molecular formula is C11H14NO7P. The van der Waals surface area contributed by atoms with Gasteiger partial charge in [-0.25, -0.2) is 4.79 Å². The highest BCUT2D eigenvalue weighted by Gasteiger charge is 2.38. The fourth-order valence-electron chi connectivity index (χ4n) is 1.56. The fraction of sp³-hybridized carbons (Fsp3) is 0.273. The Hall–Kier alpha value is -1.73. The van der Waals surface area contributed by atoms with Crippen LogP contribution >= 0.6 is 7.60 Å². The van der Waals surface area contributed by atoms with Crippen LogP contribution in [0.5, 0.6) is 0 Å². The van der Waals surface area contributed by atoms with E-state index < -0.39 is 31.4 Å². The summed E-state index contributed by atoms with van der Waals surface area (Å²) in [5, 5.41) is 10.7. The zero-order valence-corrected chi connectivity index (χ0v) is 11.4. The van der Waals surface area contributed by atoms with Gasteiger partial charge >= 0.3 is 13.6 Å². The van der Waals surface area contributed by atoms with Crippen LogP contribution in [-0.2, 0) is 18.9 Å². The maximum absolute atomic E-state index is 11.9. The minimum atomic E-state index is -4.81. The predicted octanol–water partition coefficient (Wildman–Crippen LogP) is 0.0787. The molecule has 1 aromatic rings. The summed E-state index contributed by atoms with van der Waals surface area (Å²) >= 11 is 0. The molecule has 1 aromatic carbocycles. The van der Waals surface area contributed by atoms with Crippen LogP contribution in [-0.4, -0.2) is 40.1 Å². The SMILES string of the molecule is COC(NC(=O)C(c1ccccc1)P(=O)(O)O)C(=O)O. The van der Waals surface area contributed by atoms with Crippen LogP contribution in [0.3, 0.4) is 0 Å². The molecule has 1 rings (SSSR count). The lowest BCUT2D eigenvalue weighted by Crippen LogP contribution is -2.44. The lowest BCUT2D eigenvalue weighted by molar-refractivity contribution is -0.153. The van der Waals surface area contributed by atoms with Gasteiger partial charge in [0, 0.05) is 7.11 Å². The van der Waals surface area contributed by atoms with Crippen molar-refractivity contribution in [3.8, 4) is 0 Å². The van der Waals surface area contributed by atoms with E-state index in [1.807, 2.05) is 5.32 Å². The predicted molar refractivity (Wildman–Crippen MR) is 67.8 cm³/mol. The van der Waals surface area contributed by atoms with Crippen LogP contribution in [0.15, 0.2) is 30.3 Å². The Morgan fingerprint density at radius 3 is 2.20 bits per heavy atom. The van der Waals surface area contributed by atoms with Gasteiger partial charge in [0.1, 0.15) is 0 Å². The number of nitrogens with one attached hydrogen (secondary N) is 1. The highest BCUT2D eigenvalue weighted by atomic mass is 31.2. The van der Waals surface area contributed by atoms with Crippen LogP contribution < -0.4 is 5.32 Å². The number of aliphatic carboxylic acids is 1. The molecule has 2 atom stereocenters. The number of carbonyl (C=O) groups excluding carboxylic acids is 1. The summed E-state index contributed by atoms with van der Waals surface area (Å²) in [6.45, 7) is 0. The van der Waals surface area contributed by atoms with Crippen molar-refractivity contribution in [3.63, 3.8) is 0 Å². The summed E-state index contributed by atoms with van der Waals surface area (Å²) in [6.07, 6.45) is -1.68. The normalized spacial score (nSPS) is 14.3. The van der Waals surface area contributed by atoms with E-state index in [9.17, 15) is 23.9 Å². The van der Waals surface area contributed by atoms with E-state index in [-0.39, 0.29) is 5.56 Å². The van der Waals surface area contributed by atoms with Gasteiger partial charge in [-0.3, -0.25) is 9.36 Å². The highest BCUT2D eigenvalue weighted by molar-refractivity contribution is 7.53. The van der Waals surface area contributed by atoms with E-state index in [0.29, 0.717) is 0 Å². The lowest BCUT2D eigenvalue weighted by atomic mass is 10.1. The van der Waals surface area contributed by atoms with Crippen molar-refractivity contribution in [2.24, 2.45) is 0 Å². The molecule has 4 N–H and O–H groups in total. The van der Waals surface area contributed by atoms with Gasteiger partial charge in [-0.05, 0) is 5.56 Å². The van der Waals surface area contributed by atoms with Crippen LogP contribution in [0.1, 0.15) is 11.2 Å². The number of benzene rings is 1. The molecule has 110 valence electrons. The molecular weight excluding hydrogens is 289 g/mol. The number of carboxylic acids is 1. The molecule has 2 unspecified atom stereocenters. The van der Waals surface area contributed by atoms with Crippen molar-refractivity contribution in [1.29, 1.82) is 0 Å². The Balaban J connectivity index is 3.05. The molecule has 0 fully saturated rings. The third kappa shape index (κ3) is 4.14. The lowest BCUT2D eigenvalue weighted by Gasteiger charge is -2.20. The van der Waals surface area contributed by atoms with Gasteiger partial charge in [0.05, 0.1) is 0 Å². The Morgan fingerprint density at radius 1 is 1.25 bits per heavy atom. The number of carbonyl (C=O) groups is 2. The molecule has 0 radical (unpaired) electrons. The second-order valence-corrected chi connectivity index (χ2v) is 5.56. The van der Waals surface area contributed by atoms with Crippen molar-refractivity contribution in [2.45, 2.75) is 11.9 Å². The fourth-order valence-corrected chi connectivity index (χ4v) is 2.50. The molecule has 20 heavy (non-hydrogen) atoms. The topological polar surface area (TPSA) is 133 Å². The van der Waals surface area contributed by atoms with E-state index >= 15 is 0 Å². The Kier molecular flexibility index (Phi) is 5.41. The first-order valence-corrected chi connectivity index (χ1v) is 7.11. The molecule has 0 saturated heterocycles. The minimum absolute atomic E-state index is 0.0820. The first-order valence-electron chi connectivity index (χ1n) is 5.43. The number of hydrogen-bond acceptors (Lipinski definition) is 4. The van der Waals surface area contributed by atoms with Crippen LogP contribution in [0.2, 0.25) is 0 Å². The molecule has 9 heteroatoms. The van der Waals surface area contributed by atoms with Crippen molar-refractivity contribution in [2.75, 3.05) is 7.11 Å². The molecule has 0 saturated carbocycles. The molecule has 1 amide bonds. The quantitative estimate of drug-likeness (QED) is 0.432. The van der Waals surface area contributed by atoms with Gasteiger partial charge in [0.15, 0.2) is 5.66 Å². The number of rotatable bonds is 6. The second-order valence-electron chi connectivity index (χ2n) is 3.86. The van der Waals surface area contributed by atoms with Gasteiger partial charge < -0.3 is 24.9 Å². The number of methoxy groups -OCH3 is 1. The third-order valence-electron chi connectivity index (χ3n) is 2.43. The van der Waals surface area contributed by atoms with Crippen molar-refractivity contribution in [1.82, 2.24) is 5.32 Å². The first-order chi connectivity index (χ1) is 9.27. The molecule has 0 aliphatic carbocycles. The summed E-state index contributed by atoms with van der Waals surface area (Å²) in [5.74, 6) is -2.60.